The molecule has 2 aromatic heterocycles. The second-order valence-electron chi connectivity index (χ2n) is 3.92. The molecule has 2 aromatic rings. The van der Waals surface area contributed by atoms with Gasteiger partial charge in [0, 0.05) is 25.9 Å². The SMILES string of the molecule is CC(=O)Nc1nnc(S(=O)(=O)NCCc2cc[nH]c2)s1. The Kier molecular flexibility index (Phi) is 4.47. The van der Waals surface area contributed by atoms with Crippen molar-refractivity contribution in [3.8, 4) is 0 Å². The van der Waals surface area contributed by atoms with Crippen LogP contribution in [0.15, 0.2) is 22.8 Å². The van der Waals surface area contributed by atoms with Crippen LogP contribution >= 0.6 is 11.3 Å². The molecule has 20 heavy (non-hydrogen) atoms. The molecule has 0 aliphatic carbocycles. The first-order chi connectivity index (χ1) is 9.47. The minimum atomic E-state index is -3.70. The lowest BCUT2D eigenvalue weighted by Gasteiger charge is -2.01. The number of amides is 1. The van der Waals surface area contributed by atoms with Crippen molar-refractivity contribution >= 4 is 32.4 Å². The number of aromatic nitrogens is 3. The summed E-state index contributed by atoms with van der Waals surface area (Å²) >= 11 is 0.805. The number of nitrogens with zero attached hydrogens (tertiary/aromatic N) is 2. The van der Waals surface area contributed by atoms with Gasteiger partial charge < -0.3 is 10.3 Å². The largest absolute Gasteiger partial charge is 0.367 e. The molecule has 2 heterocycles. The van der Waals surface area contributed by atoms with Crippen LogP contribution in [0, 0.1) is 0 Å². The van der Waals surface area contributed by atoms with Gasteiger partial charge in [0.1, 0.15) is 0 Å². The number of hydrogen-bond donors (Lipinski definition) is 3. The molecular weight excluding hydrogens is 302 g/mol. The number of rotatable bonds is 6. The van der Waals surface area contributed by atoms with Crippen molar-refractivity contribution in [3.05, 3.63) is 24.0 Å². The van der Waals surface area contributed by atoms with Crippen LogP contribution in [-0.4, -0.2) is 36.1 Å². The lowest BCUT2D eigenvalue weighted by Crippen LogP contribution is -2.25. The van der Waals surface area contributed by atoms with E-state index in [0.717, 1.165) is 16.9 Å². The van der Waals surface area contributed by atoms with E-state index in [2.05, 4.69) is 25.2 Å². The Morgan fingerprint density at radius 3 is 2.90 bits per heavy atom. The Labute approximate surface area is 119 Å². The summed E-state index contributed by atoms with van der Waals surface area (Å²) in [5.74, 6) is -0.328. The minimum absolute atomic E-state index is 0.156. The predicted molar refractivity (Wildman–Crippen MR) is 73.9 cm³/mol. The molecule has 3 N–H and O–H groups in total. The first-order valence-corrected chi connectivity index (χ1v) is 8.00. The van der Waals surface area contributed by atoms with E-state index >= 15 is 0 Å². The predicted octanol–water partition coefficient (Wildman–Crippen LogP) is 0.346. The summed E-state index contributed by atoms with van der Waals surface area (Å²) in [5, 5.41) is 9.69. The fourth-order valence-electron chi connectivity index (χ4n) is 1.42. The Balaban J connectivity index is 1.95. The Morgan fingerprint density at radius 2 is 2.25 bits per heavy atom. The van der Waals surface area contributed by atoms with E-state index in [1.54, 1.807) is 12.4 Å². The minimum Gasteiger partial charge on any atom is -0.367 e. The van der Waals surface area contributed by atoms with Crippen molar-refractivity contribution in [1.82, 2.24) is 19.9 Å². The molecule has 0 bridgehead atoms. The molecule has 0 atom stereocenters. The fraction of sp³-hybridized carbons (Fsp3) is 0.300. The molecular formula is C10H13N5O3S2. The van der Waals surface area contributed by atoms with E-state index in [9.17, 15) is 13.2 Å². The topological polar surface area (TPSA) is 117 Å². The van der Waals surface area contributed by atoms with Gasteiger partial charge in [-0.15, -0.1) is 10.2 Å². The standard InChI is InChI=1S/C10H13N5O3S2/c1-7(16)13-9-14-15-10(19-9)20(17,18)12-5-3-8-2-4-11-6-8/h2,4,6,11-12H,3,5H2,1H3,(H,13,14,16). The van der Waals surface area contributed by atoms with Gasteiger partial charge in [0.25, 0.3) is 10.0 Å². The summed E-state index contributed by atoms with van der Waals surface area (Å²) < 4.78 is 26.1. The summed E-state index contributed by atoms with van der Waals surface area (Å²) in [6.45, 7) is 1.57. The van der Waals surface area contributed by atoms with Crippen LogP contribution in [0.5, 0.6) is 0 Å². The molecule has 0 unspecified atom stereocenters. The van der Waals surface area contributed by atoms with Gasteiger partial charge >= 0.3 is 0 Å². The maximum Gasteiger partial charge on any atom is 0.269 e. The third-order valence-electron chi connectivity index (χ3n) is 2.29. The molecule has 0 aliphatic heterocycles. The molecule has 2 rings (SSSR count). The van der Waals surface area contributed by atoms with Gasteiger partial charge in [0.15, 0.2) is 0 Å². The third kappa shape index (κ3) is 3.85. The number of nitrogens with one attached hydrogen (secondary N) is 3. The second kappa shape index (κ2) is 6.11. The van der Waals surface area contributed by atoms with Crippen molar-refractivity contribution in [1.29, 1.82) is 0 Å². The Morgan fingerprint density at radius 1 is 1.45 bits per heavy atom. The Hall–Kier alpha value is -1.78. The number of carbonyl (C=O) groups is 1. The molecule has 0 fully saturated rings. The zero-order valence-electron chi connectivity index (χ0n) is 10.6. The lowest BCUT2D eigenvalue weighted by atomic mass is 10.2. The van der Waals surface area contributed by atoms with Crippen LogP contribution in [0.3, 0.4) is 0 Å². The third-order valence-corrected chi connectivity index (χ3v) is 4.95. The highest BCUT2D eigenvalue weighted by Crippen LogP contribution is 2.19. The van der Waals surface area contributed by atoms with E-state index in [-0.39, 0.29) is 21.9 Å². The van der Waals surface area contributed by atoms with Crippen molar-refractivity contribution in [3.63, 3.8) is 0 Å². The zero-order valence-corrected chi connectivity index (χ0v) is 12.2. The van der Waals surface area contributed by atoms with Crippen LogP contribution < -0.4 is 10.0 Å². The van der Waals surface area contributed by atoms with Gasteiger partial charge in [0.2, 0.25) is 15.4 Å². The fourth-order valence-corrected chi connectivity index (χ4v) is 3.44. The summed E-state index contributed by atoms with van der Waals surface area (Å²) in [6.07, 6.45) is 4.14. The maximum atomic E-state index is 11.9. The van der Waals surface area contributed by atoms with Gasteiger partial charge in [-0.2, -0.15) is 0 Å². The summed E-state index contributed by atoms with van der Waals surface area (Å²) in [7, 11) is -3.70. The molecule has 8 nitrogen and oxygen atoms in total. The number of aromatic amines is 1. The number of hydrogen-bond acceptors (Lipinski definition) is 6. The average Bonchev–Trinajstić information content (AvgIpc) is 2.99. The van der Waals surface area contributed by atoms with Crippen molar-refractivity contribution < 1.29 is 13.2 Å². The summed E-state index contributed by atoms with van der Waals surface area (Å²) in [4.78, 5) is 13.7. The second-order valence-corrected chi connectivity index (χ2v) is 6.84. The first kappa shape index (κ1) is 14.6. The first-order valence-electron chi connectivity index (χ1n) is 5.70. The molecule has 0 spiro atoms. The highest BCUT2D eigenvalue weighted by atomic mass is 32.2. The van der Waals surface area contributed by atoms with Gasteiger partial charge in [-0.25, -0.2) is 13.1 Å². The average molecular weight is 315 g/mol. The number of carbonyl (C=O) groups excluding carboxylic acids is 1. The van der Waals surface area contributed by atoms with Gasteiger partial charge in [-0.3, -0.25) is 4.79 Å². The highest BCUT2D eigenvalue weighted by Gasteiger charge is 2.19. The van der Waals surface area contributed by atoms with E-state index in [4.69, 9.17) is 0 Å². The van der Waals surface area contributed by atoms with Crippen LogP contribution in [0.25, 0.3) is 0 Å². The maximum absolute atomic E-state index is 11.9. The van der Waals surface area contributed by atoms with Gasteiger partial charge in [-0.05, 0) is 18.1 Å². The highest BCUT2D eigenvalue weighted by molar-refractivity contribution is 7.91. The zero-order chi connectivity index (χ0) is 14.6. The quantitative estimate of drug-likeness (QED) is 0.665. The number of anilines is 1. The van der Waals surface area contributed by atoms with Crippen molar-refractivity contribution in [2.45, 2.75) is 17.7 Å². The summed E-state index contributed by atoms with van der Waals surface area (Å²) in [6, 6.07) is 1.87. The normalized spacial score (nSPS) is 11.4. The van der Waals surface area contributed by atoms with E-state index in [1.807, 2.05) is 6.07 Å². The molecule has 1 amide bonds. The smallest absolute Gasteiger partial charge is 0.269 e. The molecule has 0 saturated heterocycles. The van der Waals surface area contributed by atoms with Crippen molar-refractivity contribution in [2.75, 3.05) is 11.9 Å². The molecule has 108 valence electrons. The van der Waals surface area contributed by atoms with Crippen LogP contribution in [0.2, 0.25) is 0 Å². The summed E-state index contributed by atoms with van der Waals surface area (Å²) in [5.41, 5.74) is 1.00. The van der Waals surface area contributed by atoms with E-state index < -0.39 is 10.0 Å². The molecule has 0 aromatic carbocycles. The molecule has 0 aliphatic rings. The molecule has 0 saturated carbocycles. The van der Waals surface area contributed by atoms with E-state index in [0.29, 0.717) is 6.42 Å². The lowest BCUT2D eigenvalue weighted by molar-refractivity contribution is -0.114. The number of H-pyrrole nitrogens is 1. The molecule has 10 heteroatoms. The van der Waals surface area contributed by atoms with Crippen LogP contribution in [0.4, 0.5) is 5.13 Å². The van der Waals surface area contributed by atoms with Crippen LogP contribution in [-0.2, 0) is 21.2 Å². The number of sulfonamides is 1. The monoisotopic (exact) mass is 315 g/mol. The van der Waals surface area contributed by atoms with Crippen LogP contribution in [0.1, 0.15) is 12.5 Å². The molecule has 0 radical (unpaired) electrons. The Bertz CT molecular complexity index is 678. The van der Waals surface area contributed by atoms with E-state index in [1.165, 1.54) is 6.92 Å². The van der Waals surface area contributed by atoms with Crippen molar-refractivity contribution in [2.24, 2.45) is 0 Å². The van der Waals surface area contributed by atoms with Gasteiger partial charge in [-0.1, -0.05) is 11.3 Å². The van der Waals surface area contributed by atoms with Gasteiger partial charge in [0.05, 0.1) is 0 Å².